The minimum absolute atomic E-state index is 0.815. The number of hydrogen-bond acceptors (Lipinski definition) is 3. The average molecular weight is 380 g/mol. The van der Waals surface area contributed by atoms with E-state index in [4.69, 9.17) is 4.74 Å². The molecule has 0 unspecified atom stereocenters. The van der Waals surface area contributed by atoms with Crippen LogP contribution in [0.4, 0.5) is 0 Å². The molecule has 0 aliphatic carbocycles. The number of ether oxygens (including phenoxy) is 1. The predicted molar refractivity (Wildman–Crippen MR) is 115 cm³/mol. The number of fused-ring (bicyclic) bond motifs is 1. The number of aromatic amines is 1. The standard InChI is InChI=1S/C22H29N5O/c1-16-10-11-17(15-20(16)28-3)12-14-25-22(23-2)24-13-6-9-21-26-18-7-4-5-8-19(18)27-21/h4-5,7-8,10-11,15H,6,9,12-14H2,1-3H3,(H,26,27)(H2,23,24,25). The molecule has 148 valence electrons. The fourth-order valence-electron chi connectivity index (χ4n) is 3.15. The van der Waals surface area contributed by atoms with Crippen molar-refractivity contribution in [3.8, 4) is 5.75 Å². The lowest BCUT2D eigenvalue weighted by Crippen LogP contribution is -2.38. The normalized spacial score (nSPS) is 11.6. The SMILES string of the molecule is CN=C(NCCCc1nc2ccccc2[nH]1)NCCc1ccc(C)c(OC)c1. The van der Waals surface area contributed by atoms with Crippen molar-refractivity contribution in [3.05, 3.63) is 59.4 Å². The molecule has 0 aliphatic rings. The van der Waals surface area contributed by atoms with Gasteiger partial charge >= 0.3 is 0 Å². The van der Waals surface area contributed by atoms with Gasteiger partial charge < -0.3 is 20.4 Å². The monoisotopic (exact) mass is 379 g/mol. The highest BCUT2D eigenvalue weighted by Crippen LogP contribution is 2.19. The van der Waals surface area contributed by atoms with Crippen molar-refractivity contribution in [1.82, 2.24) is 20.6 Å². The van der Waals surface area contributed by atoms with Gasteiger partial charge in [-0.2, -0.15) is 0 Å². The minimum atomic E-state index is 0.815. The number of nitrogens with one attached hydrogen (secondary N) is 3. The maximum atomic E-state index is 5.39. The van der Waals surface area contributed by atoms with Gasteiger partial charge in [0, 0.05) is 26.6 Å². The number of rotatable bonds is 8. The number of aryl methyl sites for hydroxylation is 2. The van der Waals surface area contributed by atoms with E-state index in [9.17, 15) is 0 Å². The molecule has 0 atom stereocenters. The van der Waals surface area contributed by atoms with Crippen molar-refractivity contribution >= 4 is 17.0 Å². The van der Waals surface area contributed by atoms with Crippen molar-refractivity contribution in [2.24, 2.45) is 4.99 Å². The zero-order valence-corrected chi connectivity index (χ0v) is 16.9. The van der Waals surface area contributed by atoms with Crippen LogP contribution in [0.2, 0.25) is 0 Å². The van der Waals surface area contributed by atoms with E-state index in [1.54, 1.807) is 14.2 Å². The lowest BCUT2D eigenvalue weighted by molar-refractivity contribution is 0.411. The van der Waals surface area contributed by atoms with Crippen LogP contribution in [0.3, 0.4) is 0 Å². The molecule has 0 spiro atoms. The largest absolute Gasteiger partial charge is 0.496 e. The lowest BCUT2D eigenvalue weighted by Gasteiger charge is -2.12. The first kappa shape index (κ1) is 19.7. The van der Waals surface area contributed by atoms with Gasteiger partial charge in [-0.25, -0.2) is 4.98 Å². The Labute approximate surface area is 166 Å². The second-order valence-corrected chi connectivity index (χ2v) is 6.78. The zero-order chi connectivity index (χ0) is 19.8. The topological polar surface area (TPSA) is 74.3 Å². The van der Waals surface area contributed by atoms with Gasteiger partial charge in [-0.15, -0.1) is 0 Å². The Morgan fingerprint density at radius 2 is 1.93 bits per heavy atom. The second-order valence-electron chi connectivity index (χ2n) is 6.78. The van der Waals surface area contributed by atoms with Crippen LogP contribution < -0.4 is 15.4 Å². The third-order valence-corrected chi connectivity index (χ3v) is 4.72. The summed E-state index contributed by atoms with van der Waals surface area (Å²) in [4.78, 5) is 12.3. The average Bonchev–Trinajstić information content (AvgIpc) is 3.13. The van der Waals surface area contributed by atoms with E-state index >= 15 is 0 Å². The quantitative estimate of drug-likeness (QED) is 0.319. The summed E-state index contributed by atoms with van der Waals surface area (Å²) >= 11 is 0. The second kappa shape index (κ2) is 9.78. The van der Waals surface area contributed by atoms with Crippen LogP contribution in [0, 0.1) is 6.92 Å². The molecule has 0 saturated carbocycles. The van der Waals surface area contributed by atoms with Crippen LogP contribution in [-0.4, -0.2) is 43.2 Å². The van der Waals surface area contributed by atoms with Crippen LogP contribution in [0.15, 0.2) is 47.5 Å². The molecule has 28 heavy (non-hydrogen) atoms. The van der Waals surface area contributed by atoms with Crippen LogP contribution in [0.25, 0.3) is 11.0 Å². The van der Waals surface area contributed by atoms with Crippen LogP contribution >= 0.6 is 0 Å². The molecule has 3 aromatic rings. The minimum Gasteiger partial charge on any atom is -0.496 e. The number of hydrogen-bond donors (Lipinski definition) is 3. The highest BCUT2D eigenvalue weighted by Gasteiger charge is 2.04. The Balaban J connectivity index is 1.38. The summed E-state index contributed by atoms with van der Waals surface area (Å²) in [6.07, 6.45) is 2.80. The number of methoxy groups -OCH3 is 1. The Morgan fingerprint density at radius 3 is 2.71 bits per heavy atom. The fraction of sp³-hybridized carbons (Fsp3) is 0.364. The van der Waals surface area contributed by atoms with E-state index in [0.717, 1.165) is 66.5 Å². The van der Waals surface area contributed by atoms with E-state index < -0.39 is 0 Å². The van der Waals surface area contributed by atoms with E-state index in [-0.39, 0.29) is 0 Å². The molecule has 0 bridgehead atoms. The maximum Gasteiger partial charge on any atom is 0.190 e. The molecule has 2 aromatic carbocycles. The van der Waals surface area contributed by atoms with Crippen LogP contribution in [-0.2, 0) is 12.8 Å². The van der Waals surface area contributed by atoms with E-state index in [0.29, 0.717) is 0 Å². The molecule has 0 aliphatic heterocycles. The first-order chi connectivity index (χ1) is 13.7. The number of H-pyrrole nitrogens is 1. The molecule has 1 aromatic heterocycles. The third kappa shape index (κ3) is 5.25. The van der Waals surface area contributed by atoms with Gasteiger partial charge in [0.15, 0.2) is 5.96 Å². The third-order valence-electron chi connectivity index (χ3n) is 4.72. The number of benzene rings is 2. The maximum absolute atomic E-state index is 5.39. The van der Waals surface area contributed by atoms with Gasteiger partial charge in [-0.1, -0.05) is 24.3 Å². The van der Waals surface area contributed by atoms with Gasteiger partial charge in [0.25, 0.3) is 0 Å². The Hall–Kier alpha value is -3.02. The Bertz CT molecular complexity index is 899. The van der Waals surface area contributed by atoms with Crippen molar-refractivity contribution in [2.45, 2.75) is 26.2 Å². The van der Waals surface area contributed by atoms with Crippen molar-refractivity contribution < 1.29 is 4.74 Å². The van der Waals surface area contributed by atoms with Gasteiger partial charge in [0.1, 0.15) is 11.6 Å². The summed E-state index contributed by atoms with van der Waals surface area (Å²) in [7, 11) is 3.50. The van der Waals surface area contributed by atoms with Gasteiger partial charge in [0.2, 0.25) is 0 Å². The van der Waals surface area contributed by atoms with Gasteiger partial charge in [-0.3, -0.25) is 4.99 Å². The van der Waals surface area contributed by atoms with E-state index in [1.165, 1.54) is 5.56 Å². The zero-order valence-electron chi connectivity index (χ0n) is 16.9. The van der Waals surface area contributed by atoms with E-state index in [2.05, 4.69) is 56.8 Å². The number of nitrogens with zero attached hydrogens (tertiary/aromatic N) is 2. The summed E-state index contributed by atoms with van der Waals surface area (Å²) < 4.78 is 5.39. The highest BCUT2D eigenvalue weighted by atomic mass is 16.5. The lowest BCUT2D eigenvalue weighted by atomic mass is 10.1. The van der Waals surface area contributed by atoms with Gasteiger partial charge in [0.05, 0.1) is 18.1 Å². The van der Waals surface area contributed by atoms with Crippen LogP contribution in [0.1, 0.15) is 23.4 Å². The van der Waals surface area contributed by atoms with E-state index in [1.807, 2.05) is 18.2 Å². The summed E-state index contributed by atoms with van der Waals surface area (Å²) in [6.45, 7) is 3.71. The molecule has 0 radical (unpaired) electrons. The highest BCUT2D eigenvalue weighted by molar-refractivity contribution is 5.79. The smallest absolute Gasteiger partial charge is 0.190 e. The summed E-state index contributed by atoms with van der Waals surface area (Å²) in [5.41, 5.74) is 4.52. The van der Waals surface area contributed by atoms with Gasteiger partial charge in [-0.05, 0) is 49.1 Å². The van der Waals surface area contributed by atoms with Crippen molar-refractivity contribution in [2.75, 3.05) is 27.2 Å². The summed E-state index contributed by atoms with van der Waals surface area (Å²) in [5.74, 6) is 2.79. The molecule has 1 heterocycles. The Kier molecular flexibility index (Phi) is 6.89. The van der Waals surface area contributed by atoms with Crippen molar-refractivity contribution in [1.29, 1.82) is 0 Å². The predicted octanol–water partition coefficient (Wildman–Crippen LogP) is 3.22. The number of aromatic nitrogens is 2. The molecule has 6 nitrogen and oxygen atoms in total. The fourth-order valence-corrected chi connectivity index (χ4v) is 3.15. The number of aliphatic imine (C=N–C) groups is 1. The molecular weight excluding hydrogens is 350 g/mol. The molecule has 0 saturated heterocycles. The molecular formula is C22H29N5O. The first-order valence-corrected chi connectivity index (χ1v) is 9.71. The first-order valence-electron chi connectivity index (χ1n) is 9.71. The van der Waals surface area contributed by atoms with Crippen LogP contribution in [0.5, 0.6) is 5.75 Å². The van der Waals surface area contributed by atoms with Crippen molar-refractivity contribution in [3.63, 3.8) is 0 Å². The Morgan fingerprint density at radius 1 is 1.11 bits per heavy atom. The molecule has 0 amide bonds. The molecule has 3 rings (SSSR count). The number of para-hydroxylation sites is 2. The molecule has 0 fully saturated rings. The number of imidazole rings is 1. The molecule has 3 N–H and O–H groups in total. The molecule has 6 heteroatoms. The number of guanidine groups is 1. The summed E-state index contributed by atoms with van der Waals surface area (Å²) in [6, 6.07) is 14.5. The summed E-state index contributed by atoms with van der Waals surface area (Å²) in [5, 5.41) is 6.73.